The maximum absolute atomic E-state index is 12.1. The smallest absolute Gasteiger partial charge is 0.337 e. The number of aliphatic hydroxyl groups excluding tert-OH is 2. The minimum atomic E-state index is -0.652. The Morgan fingerprint density at radius 1 is 1.39 bits per heavy atom. The van der Waals surface area contributed by atoms with Gasteiger partial charge in [0.1, 0.15) is 6.61 Å². The van der Waals surface area contributed by atoms with Crippen LogP contribution in [0.15, 0.2) is 23.8 Å². The maximum atomic E-state index is 12.1. The van der Waals surface area contributed by atoms with Gasteiger partial charge in [-0.15, -0.1) is 0 Å². The van der Waals surface area contributed by atoms with E-state index in [4.69, 9.17) is 9.47 Å². The van der Waals surface area contributed by atoms with Gasteiger partial charge in [0.15, 0.2) is 6.10 Å². The standard InChI is InChI=1S/C22H32O6/c1-13-5-8-18-21(3,10-9-19(25)22(18,4)12-23)16(13)7-6-15-17(28-14(2)24)11-27-20(15)26/h6,16-19,23,25H,1,5,7-12H2,2-4H3. The largest absolute Gasteiger partial charge is 0.458 e. The van der Waals surface area contributed by atoms with Crippen molar-refractivity contribution in [2.75, 3.05) is 13.2 Å². The molecule has 6 heteroatoms. The van der Waals surface area contributed by atoms with E-state index in [9.17, 15) is 19.8 Å². The van der Waals surface area contributed by atoms with Crippen molar-refractivity contribution in [2.24, 2.45) is 22.7 Å². The zero-order chi connectivity index (χ0) is 20.7. The van der Waals surface area contributed by atoms with E-state index >= 15 is 0 Å². The molecule has 6 unspecified atom stereocenters. The SMILES string of the molecule is C=C1CCC2C(C)(CO)C(O)CCC2(C)C1CC=C1C(=O)OCC1OC(C)=O. The molecule has 2 aliphatic carbocycles. The van der Waals surface area contributed by atoms with Crippen LogP contribution < -0.4 is 0 Å². The zero-order valence-electron chi connectivity index (χ0n) is 17.1. The number of fused-ring (bicyclic) bond motifs is 1. The Kier molecular flexibility index (Phi) is 5.74. The third-order valence-corrected chi connectivity index (χ3v) is 7.52. The summed E-state index contributed by atoms with van der Waals surface area (Å²) in [5, 5.41) is 20.7. The molecule has 156 valence electrons. The van der Waals surface area contributed by atoms with Gasteiger partial charge >= 0.3 is 11.9 Å². The Balaban J connectivity index is 1.87. The van der Waals surface area contributed by atoms with E-state index in [2.05, 4.69) is 13.5 Å². The van der Waals surface area contributed by atoms with E-state index in [-0.39, 0.29) is 30.5 Å². The molecule has 0 amide bonds. The lowest BCUT2D eigenvalue weighted by Gasteiger charge is -2.59. The molecule has 0 aromatic rings. The molecule has 0 spiro atoms. The number of rotatable bonds is 4. The highest BCUT2D eigenvalue weighted by molar-refractivity contribution is 5.92. The van der Waals surface area contributed by atoms with Crippen LogP contribution in [0.5, 0.6) is 0 Å². The van der Waals surface area contributed by atoms with E-state index < -0.39 is 29.6 Å². The fraction of sp³-hybridized carbons (Fsp3) is 0.727. The first-order valence-corrected chi connectivity index (χ1v) is 10.1. The number of hydrogen-bond donors (Lipinski definition) is 2. The number of hydrogen-bond acceptors (Lipinski definition) is 6. The number of allylic oxidation sites excluding steroid dienone is 2. The number of esters is 2. The van der Waals surface area contributed by atoms with E-state index in [1.807, 2.05) is 13.0 Å². The molecule has 2 saturated carbocycles. The monoisotopic (exact) mass is 392 g/mol. The number of carbonyl (C=O) groups excluding carboxylic acids is 2. The van der Waals surface area contributed by atoms with Crippen LogP contribution in [-0.4, -0.2) is 47.6 Å². The highest BCUT2D eigenvalue weighted by Crippen LogP contribution is 2.61. The fourth-order valence-electron chi connectivity index (χ4n) is 5.85. The second-order valence-corrected chi connectivity index (χ2v) is 9.12. The molecule has 3 aliphatic rings. The van der Waals surface area contributed by atoms with Crippen molar-refractivity contribution in [1.29, 1.82) is 0 Å². The van der Waals surface area contributed by atoms with Gasteiger partial charge in [0.2, 0.25) is 0 Å². The molecular weight excluding hydrogens is 360 g/mol. The normalized spacial score (nSPS) is 42.2. The summed E-state index contributed by atoms with van der Waals surface area (Å²) < 4.78 is 10.3. The molecule has 2 N–H and O–H groups in total. The van der Waals surface area contributed by atoms with Crippen molar-refractivity contribution in [3.63, 3.8) is 0 Å². The lowest BCUT2D eigenvalue weighted by atomic mass is 9.46. The van der Waals surface area contributed by atoms with Gasteiger partial charge in [-0.25, -0.2) is 4.79 Å². The number of carbonyl (C=O) groups is 2. The maximum Gasteiger partial charge on any atom is 0.337 e. The van der Waals surface area contributed by atoms with Gasteiger partial charge < -0.3 is 19.7 Å². The molecule has 6 atom stereocenters. The number of ether oxygens (including phenoxy) is 2. The molecule has 6 nitrogen and oxygen atoms in total. The molecule has 28 heavy (non-hydrogen) atoms. The Morgan fingerprint density at radius 3 is 2.75 bits per heavy atom. The Labute approximate surface area is 166 Å². The van der Waals surface area contributed by atoms with E-state index in [0.29, 0.717) is 18.4 Å². The lowest BCUT2D eigenvalue weighted by molar-refractivity contribution is -0.151. The molecule has 1 saturated heterocycles. The van der Waals surface area contributed by atoms with E-state index in [0.717, 1.165) is 24.8 Å². The Morgan fingerprint density at radius 2 is 2.11 bits per heavy atom. The summed E-state index contributed by atoms with van der Waals surface area (Å²) >= 11 is 0. The first-order valence-electron chi connectivity index (χ1n) is 10.1. The van der Waals surface area contributed by atoms with Crippen molar-refractivity contribution >= 4 is 11.9 Å². The minimum absolute atomic E-state index is 0.0461. The quantitative estimate of drug-likeness (QED) is 0.434. The summed E-state index contributed by atoms with van der Waals surface area (Å²) in [5.41, 5.74) is 0.881. The van der Waals surface area contributed by atoms with Crippen LogP contribution >= 0.6 is 0 Å². The van der Waals surface area contributed by atoms with Gasteiger partial charge in [-0.3, -0.25) is 4.79 Å². The average Bonchev–Trinajstić information content (AvgIpc) is 2.97. The van der Waals surface area contributed by atoms with Crippen LogP contribution in [0.3, 0.4) is 0 Å². The van der Waals surface area contributed by atoms with Crippen molar-refractivity contribution in [2.45, 2.75) is 65.1 Å². The molecule has 3 rings (SSSR count). The van der Waals surface area contributed by atoms with Gasteiger partial charge in [-0.1, -0.05) is 32.1 Å². The Hall–Kier alpha value is -1.66. The van der Waals surface area contributed by atoms with Crippen molar-refractivity contribution < 1.29 is 29.3 Å². The fourth-order valence-corrected chi connectivity index (χ4v) is 5.85. The molecule has 0 aromatic carbocycles. The molecular formula is C22H32O6. The van der Waals surface area contributed by atoms with Gasteiger partial charge in [0.25, 0.3) is 0 Å². The first kappa shape index (κ1) is 21.1. The zero-order valence-corrected chi connectivity index (χ0v) is 17.1. The minimum Gasteiger partial charge on any atom is -0.458 e. The second kappa shape index (κ2) is 7.64. The summed E-state index contributed by atoms with van der Waals surface area (Å²) in [7, 11) is 0. The topological polar surface area (TPSA) is 93.1 Å². The molecule has 1 heterocycles. The van der Waals surface area contributed by atoms with Crippen molar-refractivity contribution in [3.8, 4) is 0 Å². The molecule has 0 bridgehead atoms. The summed E-state index contributed by atoms with van der Waals surface area (Å²) in [6, 6.07) is 0. The van der Waals surface area contributed by atoms with Gasteiger partial charge in [0, 0.05) is 12.3 Å². The van der Waals surface area contributed by atoms with Crippen LogP contribution in [0.4, 0.5) is 0 Å². The van der Waals surface area contributed by atoms with Crippen LogP contribution in [0, 0.1) is 22.7 Å². The lowest BCUT2D eigenvalue weighted by Crippen LogP contribution is -2.57. The van der Waals surface area contributed by atoms with Crippen LogP contribution in [-0.2, 0) is 19.1 Å². The molecule has 0 aromatic heterocycles. The highest BCUT2D eigenvalue weighted by Gasteiger charge is 2.57. The number of aliphatic hydroxyl groups is 2. The second-order valence-electron chi connectivity index (χ2n) is 9.12. The van der Waals surface area contributed by atoms with Crippen LogP contribution in [0.2, 0.25) is 0 Å². The van der Waals surface area contributed by atoms with Crippen LogP contribution in [0.25, 0.3) is 0 Å². The molecule has 1 aliphatic heterocycles. The number of cyclic esters (lactones) is 1. The summed E-state index contributed by atoms with van der Waals surface area (Å²) in [5.74, 6) is -0.581. The third-order valence-electron chi connectivity index (χ3n) is 7.52. The van der Waals surface area contributed by atoms with Gasteiger partial charge in [-0.05, 0) is 49.4 Å². The summed E-state index contributed by atoms with van der Waals surface area (Å²) in [6.07, 6.45) is 4.50. The van der Waals surface area contributed by atoms with Gasteiger partial charge in [0.05, 0.1) is 18.3 Å². The molecule has 0 radical (unpaired) electrons. The predicted molar refractivity (Wildman–Crippen MR) is 103 cm³/mol. The van der Waals surface area contributed by atoms with Crippen molar-refractivity contribution in [1.82, 2.24) is 0 Å². The first-order chi connectivity index (χ1) is 13.1. The summed E-state index contributed by atoms with van der Waals surface area (Å²) in [4.78, 5) is 23.4. The average molecular weight is 392 g/mol. The third kappa shape index (κ3) is 3.41. The van der Waals surface area contributed by atoms with E-state index in [1.54, 1.807) is 0 Å². The summed E-state index contributed by atoms with van der Waals surface area (Å²) in [6.45, 7) is 9.84. The van der Waals surface area contributed by atoms with Gasteiger partial charge in [-0.2, -0.15) is 0 Å². The Bertz CT molecular complexity index is 697. The van der Waals surface area contributed by atoms with E-state index in [1.165, 1.54) is 6.92 Å². The van der Waals surface area contributed by atoms with Crippen LogP contribution in [0.1, 0.15) is 52.9 Å². The highest BCUT2D eigenvalue weighted by atomic mass is 16.6. The molecule has 3 fully saturated rings. The predicted octanol–water partition coefficient (Wildman–Crippen LogP) is 2.53. The van der Waals surface area contributed by atoms with Crippen molar-refractivity contribution in [3.05, 3.63) is 23.8 Å².